The van der Waals surface area contributed by atoms with E-state index in [0.29, 0.717) is 0 Å². The second-order valence-electron chi connectivity index (χ2n) is 3.45. The van der Waals surface area contributed by atoms with Gasteiger partial charge in [0.15, 0.2) is 5.75 Å². The van der Waals surface area contributed by atoms with E-state index >= 15 is 0 Å². The van der Waals surface area contributed by atoms with Crippen molar-refractivity contribution in [2.75, 3.05) is 32.6 Å². The number of hydrogen-bond acceptors (Lipinski definition) is 6. The van der Waals surface area contributed by atoms with E-state index in [9.17, 15) is 13.2 Å². The van der Waals surface area contributed by atoms with Crippen LogP contribution in [0, 0.1) is 0 Å². The van der Waals surface area contributed by atoms with Crippen molar-refractivity contribution in [1.29, 1.82) is 0 Å². The number of hydrogen-bond donors (Lipinski definition) is 1. The van der Waals surface area contributed by atoms with Gasteiger partial charge in [-0.15, -0.1) is 0 Å². The fourth-order valence-electron chi connectivity index (χ4n) is 1.35. The van der Waals surface area contributed by atoms with Gasteiger partial charge in [0.25, 0.3) is 0 Å². The predicted octanol–water partition coefficient (Wildman–Crippen LogP) is -1.52. The summed E-state index contributed by atoms with van der Waals surface area (Å²) in [5, 5.41) is 0. The van der Waals surface area contributed by atoms with E-state index in [4.69, 9.17) is 22.7 Å². The second-order valence-corrected chi connectivity index (χ2v) is 5.89. The Morgan fingerprint density at radius 3 is 2.82 bits per heavy atom. The SMILES string of the molecule is COC(=O)CS(=O)(=O)N1CCOC(C(N)=S)C1. The Morgan fingerprint density at radius 1 is 1.65 bits per heavy atom. The molecule has 98 valence electrons. The molecule has 9 heteroatoms. The normalized spacial score (nSPS) is 22.1. The first kappa shape index (κ1) is 14.3. The standard InChI is InChI=1S/C8H14N2O5S2/c1-14-7(11)5-17(12,13)10-2-3-15-6(4-10)8(9)16/h6H,2-5H2,1H3,(H2,9,16). The van der Waals surface area contributed by atoms with Crippen LogP contribution in [0.5, 0.6) is 0 Å². The summed E-state index contributed by atoms with van der Waals surface area (Å²) in [7, 11) is -2.56. The van der Waals surface area contributed by atoms with Gasteiger partial charge in [0.05, 0.1) is 13.7 Å². The quantitative estimate of drug-likeness (QED) is 0.493. The number of ether oxygens (including phenoxy) is 2. The molecule has 1 fully saturated rings. The van der Waals surface area contributed by atoms with Crippen LogP contribution < -0.4 is 5.73 Å². The van der Waals surface area contributed by atoms with Gasteiger partial charge in [-0.3, -0.25) is 4.79 Å². The summed E-state index contributed by atoms with van der Waals surface area (Å²) in [5.74, 6) is -1.49. The first-order valence-electron chi connectivity index (χ1n) is 4.82. The van der Waals surface area contributed by atoms with Crippen LogP contribution in [-0.4, -0.2) is 62.3 Å². The van der Waals surface area contributed by atoms with Gasteiger partial charge in [-0.25, -0.2) is 8.42 Å². The number of carbonyl (C=O) groups is 1. The van der Waals surface area contributed by atoms with Gasteiger partial charge in [-0.2, -0.15) is 4.31 Å². The number of methoxy groups -OCH3 is 1. The number of rotatable bonds is 4. The molecule has 2 N–H and O–H groups in total. The third-order valence-electron chi connectivity index (χ3n) is 2.27. The largest absolute Gasteiger partial charge is 0.468 e. The zero-order valence-corrected chi connectivity index (χ0v) is 10.9. The molecule has 1 saturated heterocycles. The van der Waals surface area contributed by atoms with Crippen molar-refractivity contribution in [3.8, 4) is 0 Å². The van der Waals surface area contributed by atoms with Crippen molar-refractivity contribution in [1.82, 2.24) is 4.31 Å². The van der Waals surface area contributed by atoms with E-state index in [2.05, 4.69) is 4.74 Å². The van der Waals surface area contributed by atoms with E-state index in [-0.39, 0.29) is 24.7 Å². The molecule has 0 aromatic heterocycles. The van der Waals surface area contributed by atoms with Crippen LogP contribution in [0.25, 0.3) is 0 Å². The average Bonchev–Trinajstić information content (AvgIpc) is 2.28. The lowest BCUT2D eigenvalue weighted by Crippen LogP contribution is -2.51. The summed E-state index contributed by atoms with van der Waals surface area (Å²) in [6.45, 7) is 0.412. The van der Waals surface area contributed by atoms with E-state index < -0.39 is 27.8 Å². The Labute approximate surface area is 105 Å². The highest BCUT2D eigenvalue weighted by atomic mass is 32.2. The molecule has 0 spiro atoms. The zero-order chi connectivity index (χ0) is 13.1. The van der Waals surface area contributed by atoms with Gasteiger partial charge < -0.3 is 15.2 Å². The lowest BCUT2D eigenvalue weighted by Gasteiger charge is -2.31. The summed E-state index contributed by atoms with van der Waals surface area (Å²) in [5.41, 5.74) is 5.39. The lowest BCUT2D eigenvalue weighted by molar-refractivity contribution is -0.137. The van der Waals surface area contributed by atoms with Crippen LogP contribution in [0.1, 0.15) is 0 Å². The fraction of sp³-hybridized carbons (Fsp3) is 0.750. The van der Waals surface area contributed by atoms with Crippen LogP contribution >= 0.6 is 12.2 Å². The van der Waals surface area contributed by atoms with Crippen LogP contribution in [0.3, 0.4) is 0 Å². The average molecular weight is 282 g/mol. The summed E-state index contributed by atoms with van der Waals surface area (Å²) in [4.78, 5) is 11.1. The molecular weight excluding hydrogens is 268 g/mol. The predicted molar refractivity (Wildman–Crippen MR) is 63.9 cm³/mol. The van der Waals surface area contributed by atoms with Crippen LogP contribution in [0.2, 0.25) is 0 Å². The van der Waals surface area contributed by atoms with Crippen LogP contribution in [-0.2, 0) is 24.3 Å². The molecule has 0 bridgehead atoms. The Bertz CT molecular complexity index is 408. The number of morpholine rings is 1. The molecule has 0 saturated carbocycles. The van der Waals surface area contributed by atoms with Crippen molar-refractivity contribution in [2.24, 2.45) is 5.73 Å². The molecule has 7 nitrogen and oxygen atoms in total. The molecule has 1 atom stereocenters. The summed E-state index contributed by atoms with van der Waals surface area (Å²) in [6.07, 6.45) is -0.605. The fourth-order valence-corrected chi connectivity index (χ4v) is 2.81. The molecule has 1 aliphatic heterocycles. The Hall–Kier alpha value is -0.770. The molecule has 0 amide bonds. The Balaban J connectivity index is 2.71. The molecule has 0 aromatic rings. The lowest BCUT2D eigenvalue weighted by atomic mass is 10.3. The zero-order valence-electron chi connectivity index (χ0n) is 9.29. The summed E-state index contributed by atoms with van der Waals surface area (Å²) >= 11 is 4.74. The molecule has 1 unspecified atom stereocenters. The minimum absolute atomic E-state index is 0.0364. The van der Waals surface area contributed by atoms with Gasteiger partial charge in [0.2, 0.25) is 10.0 Å². The molecule has 0 aromatic carbocycles. The van der Waals surface area contributed by atoms with Crippen molar-refractivity contribution in [3.05, 3.63) is 0 Å². The van der Waals surface area contributed by atoms with Crippen molar-refractivity contribution >= 4 is 33.2 Å². The monoisotopic (exact) mass is 282 g/mol. The number of carbonyl (C=O) groups excluding carboxylic acids is 1. The third-order valence-corrected chi connectivity index (χ3v) is 4.25. The maximum absolute atomic E-state index is 11.8. The highest BCUT2D eigenvalue weighted by Crippen LogP contribution is 2.11. The first-order chi connectivity index (χ1) is 7.86. The molecular formula is C8H14N2O5S2. The maximum atomic E-state index is 11.8. The number of nitrogens with two attached hydrogens (primary N) is 1. The minimum atomic E-state index is -3.70. The van der Waals surface area contributed by atoms with Gasteiger partial charge in [0.1, 0.15) is 11.1 Å². The van der Waals surface area contributed by atoms with Gasteiger partial charge in [-0.05, 0) is 0 Å². The van der Waals surface area contributed by atoms with Crippen LogP contribution in [0.4, 0.5) is 0 Å². The van der Waals surface area contributed by atoms with E-state index in [1.54, 1.807) is 0 Å². The molecule has 0 radical (unpaired) electrons. The molecule has 1 rings (SSSR count). The number of nitrogens with zero attached hydrogens (tertiary/aromatic N) is 1. The highest BCUT2D eigenvalue weighted by Gasteiger charge is 2.32. The third kappa shape index (κ3) is 3.87. The molecule has 1 aliphatic rings. The number of sulfonamides is 1. The molecule has 17 heavy (non-hydrogen) atoms. The first-order valence-corrected chi connectivity index (χ1v) is 6.84. The second kappa shape index (κ2) is 5.71. The minimum Gasteiger partial charge on any atom is -0.468 e. The smallest absolute Gasteiger partial charge is 0.322 e. The van der Waals surface area contributed by atoms with Gasteiger partial charge >= 0.3 is 5.97 Å². The number of thiocarbonyl (C=S) groups is 1. The van der Waals surface area contributed by atoms with Crippen molar-refractivity contribution in [3.63, 3.8) is 0 Å². The van der Waals surface area contributed by atoms with E-state index in [1.165, 1.54) is 0 Å². The van der Waals surface area contributed by atoms with Crippen molar-refractivity contribution < 1.29 is 22.7 Å². The van der Waals surface area contributed by atoms with Crippen molar-refractivity contribution in [2.45, 2.75) is 6.10 Å². The maximum Gasteiger partial charge on any atom is 0.322 e. The van der Waals surface area contributed by atoms with Gasteiger partial charge in [0, 0.05) is 13.1 Å². The van der Waals surface area contributed by atoms with Crippen LogP contribution in [0.15, 0.2) is 0 Å². The summed E-state index contributed by atoms with van der Waals surface area (Å²) in [6, 6.07) is 0. The highest BCUT2D eigenvalue weighted by molar-refractivity contribution is 7.89. The van der Waals surface area contributed by atoms with Gasteiger partial charge in [-0.1, -0.05) is 12.2 Å². The van der Waals surface area contributed by atoms with E-state index in [0.717, 1.165) is 11.4 Å². The summed E-state index contributed by atoms with van der Waals surface area (Å²) < 4.78 is 34.3. The Kier molecular flexibility index (Phi) is 4.80. The topological polar surface area (TPSA) is 98.9 Å². The number of esters is 1. The molecule has 1 heterocycles. The van der Waals surface area contributed by atoms with E-state index in [1.807, 2.05) is 0 Å². The molecule has 0 aliphatic carbocycles. The Morgan fingerprint density at radius 2 is 2.29 bits per heavy atom.